The van der Waals surface area contributed by atoms with E-state index in [-0.39, 0.29) is 16.7 Å². The molecule has 0 aromatic rings. The largest absolute Gasteiger partial charge is 0.446 e. The molecule has 0 unspecified atom stereocenters. The van der Waals surface area contributed by atoms with Gasteiger partial charge in [-0.3, -0.25) is 0 Å². The molecule has 0 aliphatic heterocycles. The van der Waals surface area contributed by atoms with Crippen LogP contribution in [0.25, 0.3) is 0 Å². The van der Waals surface area contributed by atoms with Crippen molar-refractivity contribution in [3.05, 3.63) is 35.8 Å². The van der Waals surface area contributed by atoms with Crippen LogP contribution in [0.15, 0.2) is 35.8 Å². The summed E-state index contributed by atoms with van der Waals surface area (Å²) in [6.45, 7) is 16.7. The molecule has 0 aromatic heterocycles. The van der Waals surface area contributed by atoms with Crippen LogP contribution < -0.4 is 0 Å². The van der Waals surface area contributed by atoms with Crippen molar-refractivity contribution in [2.24, 2.45) is 0 Å². The van der Waals surface area contributed by atoms with Crippen molar-refractivity contribution in [2.75, 3.05) is 0 Å². The quantitative estimate of drug-likeness (QED) is 0.537. The van der Waals surface area contributed by atoms with Gasteiger partial charge in [-0.1, -0.05) is 59.4 Å². The number of allylic oxidation sites excluding steroid dienone is 3. The first kappa shape index (κ1) is 21.6. The van der Waals surface area contributed by atoms with Gasteiger partial charge in [-0.25, -0.2) is 0 Å². The van der Waals surface area contributed by atoms with Crippen LogP contribution in [0, 0.1) is 0 Å². The summed E-state index contributed by atoms with van der Waals surface area (Å²) in [5.41, 5.74) is -3.60. The van der Waals surface area contributed by atoms with Gasteiger partial charge in [0, 0.05) is 4.91 Å². The second kappa shape index (κ2) is 13.4. The lowest BCUT2D eigenvalue weighted by atomic mass is 10.2. The van der Waals surface area contributed by atoms with Crippen LogP contribution in [-0.2, 0) is 0 Å². The van der Waals surface area contributed by atoms with Gasteiger partial charge in [-0.2, -0.15) is 13.2 Å². The van der Waals surface area contributed by atoms with Crippen LogP contribution in [0.1, 0.15) is 41.0 Å². The smallest absolute Gasteiger partial charge is 0.160 e. The first-order valence-corrected chi connectivity index (χ1v) is 6.48. The SMILES string of the molecule is C=C/C(=C\C(=C)CC)SC(F)(F)F.CC.CC. The Bertz CT molecular complexity index is 227. The van der Waals surface area contributed by atoms with E-state index in [0.29, 0.717) is 12.0 Å². The van der Waals surface area contributed by atoms with Crippen LogP contribution in [0.3, 0.4) is 0 Å². The van der Waals surface area contributed by atoms with Crippen molar-refractivity contribution in [3.63, 3.8) is 0 Å². The number of hydrogen-bond donors (Lipinski definition) is 0. The van der Waals surface area contributed by atoms with Gasteiger partial charge in [0.25, 0.3) is 0 Å². The molecule has 0 nitrogen and oxygen atoms in total. The molecule has 0 saturated carbocycles. The fraction of sp³-hybridized carbons (Fsp3) is 0.538. The topological polar surface area (TPSA) is 0 Å². The van der Waals surface area contributed by atoms with Crippen molar-refractivity contribution < 1.29 is 13.2 Å². The molecule has 4 heteroatoms. The number of alkyl halides is 3. The predicted octanol–water partition coefficient (Wildman–Crippen LogP) is 6.33. The van der Waals surface area contributed by atoms with Crippen LogP contribution in [0.4, 0.5) is 13.2 Å². The van der Waals surface area contributed by atoms with E-state index in [1.165, 1.54) is 12.2 Å². The first-order chi connectivity index (χ1) is 7.89. The molecule has 0 heterocycles. The lowest BCUT2D eigenvalue weighted by Gasteiger charge is -2.06. The molecule has 0 radical (unpaired) electrons. The van der Waals surface area contributed by atoms with Crippen molar-refractivity contribution >= 4 is 11.8 Å². The van der Waals surface area contributed by atoms with Crippen LogP contribution in [0.2, 0.25) is 0 Å². The third-order valence-electron chi connectivity index (χ3n) is 1.24. The maximum atomic E-state index is 11.9. The molecule has 17 heavy (non-hydrogen) atoms. The third-order valence-corrected chi connectivity index (χ3v) is 1.99. The Morgan fingerprint density at radius 3 is 1.82 bits per heavy atom. The molecule has 0 amide bonds. The summed E-state index contributed by atoms with van der Waals surface area (Å²) >= 11 is -0.172. The fourth-order valence-electron chi connectivity index (χ4n) is 0.567. The van der Waals surface area contributed by atoms with Crippen LogP contribution >= 0.6 is 11.8 Å². The number of thioether (sulfide) groups is 1. The highest BCUT2D eigenvalue weighted by Crippen LogP contribution is 2.37. The van der Waals surface area contributed by atoms with E-state index in [1.807, 2.05) is 34.6 Å². The second-order valence-corrected chi connectivity index (χ2v) is 3.45. The molecular weight excluding hydrogens is 245 g/mol. The molecule has 0 N–H and O–H groups in total. The summed E-state index contributed by atoms with van der Waals surface area (Å²) in [5.74, 6) is 0. The van der Waals surface area contributed by atoms with Gasteiger partial charge in [0.2, 0.25) is 0 Å². The molecule has 0 aliphatic rings. The van der Waals surface area contributed by atoms with Crippen LogP contribution in [-0.4, -0.2) is 5.51 Å². The Labute approximate surface area is 108 Å². The minimum Gasteiger partial charge on any atom is -0.160 e. The second-order valence-electron chi connectivity index (χ2n) is 2.31. The summed E-state index contributed by atoms with van der Waals surface area (Å²) in [4.78, 5) is 0.0827. The molecule has 0 atom stereocenters. The van der Waals surface area contributed by atoms with Crippen molar-refractivity contribution in [3.8, 4) is 0 Å². The minimum absolute atomic E-state index is 0.0827. The van der Waals surface area contributed by atoms with Crippen molar-refractivity contribution in [1.29, 1.82) is 0 Å². The lowest BCUT2D eigenvalue weighted by Crippen LogP contribution is -1.99. The van der Waals surface area contributed by atoms with Crippen LogP contribution in [0.5, 0.6) is 0 Å². The Morgan fingerprint density at radius 2 is 1.59 bits per heavy atom. The number of rotatable bonds is 4. The lowest BCUT2D eigenvalue weighted by molar-refractivity contribution is -0.0321. The highest BCUT2D eigenvalue weighted by atomic mass is 32.2. The first-order valence-electron chi connectivity index (χ1n) is 5.66. The van der Waals surface area contributed by atoms with Crippen molar-refractivity contribution in [1.82, 2.24) is 0 Å². The third kappa shape index (κ3) is 17.9. The zero-order chi connectivity index (χ0) is 14.5. The standard InChI is InChI=1S/C9H11F3S.2C2H6/c1-4-7(3)6-8(5-2)13-9(10,11)12;2*1-2/h5-6H,2-4H2,1H3;2*1-2H3/b8-6+;;. The summed E-state index contributed by atoms with van der Waals surface area (Å²) in [6.07, 6.45) is 3.21. The Hall–Kier alpha value is -0.640. The Morgan fingerprint density at radius 1 is 1.18 bits per heavy atom. The van der Waals surface area contributed by atoms with E-state index < -0.39 is 5.51 Å². The average Bonchev–Trinajstić information content (AvgIpc) is 2.31. The summed E-state index contributed by atoms with van der Waals surface area (Å²) in [7, 11) is 0. The van der Waals surface area contributed by atoms with Gasteiger partial charge in [-0.05, 0) is 24.3 Å². The van der Waals surface area contributed by atoms with Gasteiger partial charge in [0.05, 0.1) is 0 Å². The maximum Gasteiger partial charge on any atom is 0.446 e. The Kier molecular flexibility index (Phi) is 17.1. The van der Waals surface area contributed by atoms with E-state index in [4.69, 9.17) is 0 Å². The zero-order valence-corrected chi connectivity index (χ0v) is 12.1. The molecule has 102 valence electrons. The fourth-order valence-corrected chi connectivity index (χ4v) is 1.14. The van der Waals surface area contributed by atoms with Gasteiger partial charge >= 0.3 is 5.51 Å². The molecular formula is C13H23F3S. The summed E-state index contributed by atoms with van der Waals surface area (Å²) in [6, 6.07) is 0. The summed E-state index contributed by atoms with van der Waals surface area (Å²) < 4.78 is 35.7. The average molecular weight is 268 g/mol. The highest BCUT2D eigenvalue weighted by Gasteiger charge is 2.29. The van der Waals surface area contributed by atoms with Gasteiger partial charge < -0.3 is 0 Å². The molecule has 0 aromatic carbocycles. The van der Waals surface area contributed by atoms with E-state index in [2.05, 4.69) is 13.2 Å². The highest BCUT2D eigenvalue weighted by molar-refractivity contribution is 8.04. The van der Waals surface area contributed by atoms with Gasteiger partial charge in [0.1, 0.15) is 0 Å². The molecule has 0 saturated heterocycles. The zero-order valence-electron chi connectivity index (χ0n) is 11.3. The molecule has 0 fully saturated rings. The maximum absolute atomic E-state index is 11.9. The van der Waals surface area contributed by atoms with Gasteiger partial charge in [-0.15, -0.1) is 0 Å². The molecule has 0 aliphatic carbocycles. The summed E-state index contributed by atoms with van der Waals surface area (Å²) in [5, 5.41) is 0. The number of halogens is 3. The van der Waals surface area contributed by atoms with Crippen molar-refractivity contribution in [2.45, 2.75) is 46.5 Å². The molecule has 0 spiro atoms. The van der Waals surface area contributed by atoms with Gasteiger partial charge in [0.15, 0.2) is 0 Å². The van der Waals surface area contributed by atoms with E-state index in [9.17, 15) is 13.2 Å². The number of hydrogen-bond acceptors (Lipinski definition) is 1. The van der Waals surface area contributed by atoms with E-state index in [0.717, 1.165) is 0 Å². The molecule has 0 bridgehead atoms. The van der Waals surface area contributed by atoms with E-state index in [1.54, 1.807) is 0 Å². The van der Waals surface area contributed by atoms with E-state index >= 15 is 0 Å². The monoisotopic (exact) mass is 268 g/mol. The Balaban J connectivity index is -0.000000439. The molecule has 0 rings (SSSR count). The minimum atomic E-state index is -4.26. The predicted molar refractivity (Wildman–Crippen MR) is 74.1 cm³/mol. The normalized spacial score (nSPS) is 10.5.